The fraction of sp³-hybridized carbons (Fsp3) is 0.625. The van der Waals surface area contributed by atoms with E-state index in [4.69, 9.17) is 4.74 Å². The van der Waals surface area contributed by atoms with E-state index in [1.165, 1.54) is 25.7 Å². The zero-order valence-corrected chi connectivity index (χ0v) is 13.2. The van der Waals surface area contributed by atoms with E-state index in [9.17, 15) is 4.39 Å². The number of hydrogen-bond acceptors (Lipinski definition) is 1. The van der Waals surface area contributed by atoms with Gasteiger partial charge in [-0.05, 0) is 25.0 Å². The number of rotatable bonds is 10. The molecule has 2 unspecified atom stereocenters. The zero-order valence-electron chi connectivity index (χ0n) is 11.7. The highest BCUT2D eigenvalue weighted by molar-refractivity contribution is 9.09. The van der Waals surface area contributed by atoms with Crippen LogP contribution in [0, 0.1) is 0 Å². The summed E-state index contributed by atoms with van der Waals surface area (Å²) < 4.78 is 19.2. The van der Waals surface area contributed by atoms with E-state index in [1.54, 1.807) is 0 Å². The predicted molar refractivity (Wildman–Crippen MR) is 82.9 cm³/mol. The quantitative estimate of drug-likeness (QED) is 0.405. The highest BCUT2D eigenvalue weighted by atomic mass is 79.9. The Balaban J connectivity index is 2.11. The number of halogens is 2. The van der Waals surface area contributed by atoms with Crippen molar-refractivity contribution >= 4 is 15.9 Å². The Morgan fingerprint density at radius 2 is 1.89 bits per heavy atom. The lowest BCUT2D eigenvalue weighted by atomic mass is 10.1. The van der Waals surface area contributed by atoms with Gasteiger partial charge in [0.05, 0.1) is 0 Å². The summed E-state index contributed by atoms with van der Waals surface area (Å²) >= 11 is 3.56. The molecule has 1 aromatic carbocycles. The molecular weight excluding hydrogens is 307 g/mol. The largest absolute Gasteiger partial charge is 0.491 e. The van der Waals surface area contributed by atoms with Gasteiger partial charge in [0.2, 0.25) is 0 Å². The van der Waals surface area contributed by atoms with Crippen LogP contribution >= 0.6 is 15.9 Å². The normalized spacial score (nSPS) is 14.1. The second-order valence-corrected chi connectivity index (χ2v) is 6.20. The molecule has 0 saturated carbocycles. The molecule has 19 heavy (non-hydrogen) atoms. The van der Waals surface area contributed by atoms with Crippen molar-refractivity contribution in [3.8, 4) is 5.75 Å². The maximum Gasteiger partial charge on any atom is 0.135 e. The highest BCUT2D eigenvalue weighted by Crippen LogP contribution is 2.19. The molecule has 0 aromatic heterocycles. The van der Waals surface area contributed by atoms with Crippen LogP contribution in [0.1, 0.15) is 45.4 Å². The van der Waals surface area contributed by atoms with Crippen molar-refractivity contribution < 1.29 is 9.13 Å². The van der Waals surface area contributed by atoms with Crippen LogP contribution in [0.15, 0.2) is 30.3 Å². The van der Waals surface area contributed by atoms with E-state index in [0.29, 0.717) is 6.42 Å². The van der Waals surface area contributed by atoms with Gasteiger partial charge >= 0.3 is 0 Å². The molecule has 2 atom stereocenters. The minimum Gasteiger partial charge on any atom is -0.491 e. The third kappa shape index (κ3) is 8.25. The summed E-state index contributed by atoms with van der Waals surface area (Å²) in [6.07, 6.45) is 5.60. The van der Waals surface area contributed by atoms with Crippen molar-refractivity contribution in [2.45, 2.75) is 56.4 Å². The van der Waals surface area contributed by atoms with E-state index in [-0.39, 0.29) is 11.4 Å². The lowest BCUT2D eigenvalue weighted by Crippen LogP contribution is -2.17. The predicted octanol–water partition coefficient (Wildman–Crippen LogP) is 5.53. The SMILES string of the molecule is CCCCCCC(Br)CC(F)COc1ccccc1. The van der Waals surface area contributed by atoms with Gasteiger partial charge in [-0.1, -0.05) is 66.7 Å². The summed E-state index contributed by atoms with van der Waals surface area (Å²) in [5, 5.41) is 0. The van der Waals surface area contributed by atoms with Crippen molar-refractivity contribution in [2.75, 3.05) is 6.61 Å². The lowest BCUT2D eigenvalue weighted by Gasteiger charge is -2.14. The first-order chi connectivity index (χ1) is 9.22. The van der Waals surface area contributed by atoms with Gasteiger partial charge in [-0.2, -0.15) is 0 Å². The summed E-state index contributed by atoms with van der Waals surface area (Å²) in [6.45, 7) is 2.34. The van der Waals surface area contributed by atoms with Crippen molar-refractivity contribution in [3.05, 3.63) is 30.3 Å². The Kier molecular flexibility index (Phi) is 8.89. The summed E-state index contributed by atoms with van der Waals surface area (Å²) in [5.74, 6) is 0.735. The van der Waals surface area contributed by atoms with Gasteiger partial charge in [0, 0.05) is 4.83 Å². The van der Waals surface area contributed by atoms with Gasteiger partial charge in [-0.3, -0.25) is 0 Å². The summed E-state index contributed by atoms with van der Waals surface area (Å²) in [7, 11) is 0. The third-order valence-corrected chi connectivity index (χ3v) is 3.89. The van der Waals surface area contributed by atoms with Crippen molar-refractivity contribution in [3.63, 3.8) is 0 Å². The Hall–Kier alpha value is -0.570. The van der Waals surface area contributed by atoms with E-state index >= 15 is 0 Å². The summed E-state index contributed by atoms with van der Waals surface area (Å²) in [4.78, 5) is 0.263. The number of hydrogen-bond donors (Lipinski definition) is 0. The van der Waals surface area contributed by atoms with Crippen LogP contribution in [0.3, 0.4) is 0 Å². The summed E-state index contributed by atoms with van der Waals surface area (Å²) in [6, 6.07) is 9.41. The number of unbranched alkanes of at least 4 members (excludes halogenated alkanes) is 3. The first-order valence-electron chi connectivity index (χ1n) is 7.18. The van der Waals surface area contributed by atoms with E-state index in [2.05, 4.69) is 22.9 Å². The molecule has 0 aliphatic rings. The minimum atomic E-state index is -0.907. The maximum absolute atomic E-state index is 13.8. The van der Waals surface area contributed by atoms with Crippen LogP contribution in [0.4, 0.5) is 4.39 Å². The number of ether oxygens (including phenoxy) is 1. The Morgan fingerprint density at radius 3 is 2.58 bits per heavy atom. The molecule has 108 valence electrons. The van der Waals surface area contributed by atoms with Crippen LogP contribution in [0.2, 0.25) is 0 Å². The highest BCUT2D eigenvalue weighted by Gasteiger charge is 2.14. The average Bonchev–Trinajstić information content (AvgIpc) is 2.42. The molecule has 0 fully saturated rings. The molecule has 0 N–H and O–H groups in total. The Morgan fingerprint density at radius 1 is 1.16 bits per heavy atom. The fourth-order valence-corrected chi connectivity index (χ4v) is 2.69. The molecule has 0 heterocycles. The van der Waals surface area contributed by atoms with Crippen LogP contribution in [-0.4, -0.2) is 17.6 Å². The summed E-state index contributed by atoms with van der Waals surface area (Å²) in [5.41, 5.74) is 0. The maximum atomic E-state index is 13.8. The van der Waals surface area contributed by atoms with Gasteiger partial charge in [0.1, 0.15) is 18.5 Å². The minimum absolute atomic E-state index is 0.140. The van der Waals surface area contributed by atoms with E-state index in [0.717, 1.165) is 12.2 Å². The molecule has 1 nitrogen and oxygen atoms in total. The van der Waals surface area contributed by atoms with Gasteiger partial charge in [-0.15, -0.1) is 0 Å². The standard InChI is InChI=1S/C16H24BrFO/c1-2-3-4-6-9-14(17)12-15(18)13-19-16-10-7-5-8-11-16/h5,7-8,10-11,14-15H,2-4,6,9,12-13H2,1H3. The monoisotopic (exact) mass is 330 g/mol. The van der Waals surface area contributed by atoms with Gasteiger partial charge < -0.3 is 4.74 Å². The average molecular weight is 331 g/mol. The molecule has 0 amide bonds. The topological polar surface area (TPSA) is 9.23 Å². The van der Waals surface area contributed by atoms with Gasteiger partial charge in [-0.25, -0.2) is 4.39 Å². The lowest BCUT2D eigenvalue weighted by molar-refractivity contribution is 0.186. The molecule has 0 spiro atoms. The van der Waals surface area contributed by atoms with Crippen molar-refractivity contribution in [2.24, 2.45) is 0 Å². The number of benzene rings is 1. The Labute approximate surface area is 124 Å². The second kappa shape index (κ2) is 10.2. The molecule has 0 radical (unpaired) electrons. The van der Waals surface area contributed by atoms with Crippen molar-refractivity contribution in [1.82, 2.24) is 0 Å². The molecule has 1 rings (SSSR count). The van der Waals surface area contributed by atoms with Gasteiger partial charge in [0.25, 0.3) is 0 Å². The molecule has 0 aliphatic carbocycles. The molecule has 1 aromatic rings. The number of alkyl halides is 2. The first kappa shape index (κ1) is 16.5. The van der Waals surface area contributed by atoms with Crippen molar-refractivity contribution in [1.29, 1.82) is 0 Å². The zero-order chi connectivity index (χ0) is 13.9. The van der Waals surface area contributed by atoms with Gasteiger partial charge in [0.15, 0.2) is 0 Å². The van der Waals surface area contributed by atoms with Crippen LogP contribution in [0.25, 0.3) is 0 Å². The van der Waals surface area contributed by atoms with Crippen LogP contribution < -0.4 is 4.74 Å². The molecular formula is C16H24BrFO. The molecule has 0 aliphatic heterocycles. The fourth-order valence-electron chi connectivity index (χ4n) is 1.96. The Bertz CT molecular complexity index is 318. The van der Waals surface area contributed by atoms with E-state index < -0.39 is 6.17 Å². The third-order valence-electron chi connectivity index (χ3n) is 3.06. The van der Waals surface area contributed by atoms with Crippen LogP contribution in [-0.2, 0) is 0 Å². The smallest absolute Gasteiger partial charge is 0.135 e. The number of para-hydroxylation sites is 1. The van der Waals surface area contributed by atoms with Crippen LogP contribution in [0.5, 0.6) is 5.75 Å². The molecule has 3 heteroatoms. The molecule has 0 bridgehead atoms. The van der Waals surface area contributed by atoms with E-state index in [1.807, 2.05) is 30.3 Å². The molecule has 0 saturated heterocycles. The second-order valence-electron chi connectivity index (χ2n) is 4.90. The first-order valence-corrected chi connectivity index (χ1v) is 8.10.